The predicted molar refractivity (Wildman–Crippen MR) is 131 cm³/mol. The van der Waals surface area contributed by atoms with Crippen LogP contribution in [0.5, 0.6) is 5.75 Å². The number of benzene rings is 2. The zero-order valence-corrected chi connectivity index (χ0v) is 19.5. The monoisotopic (exact) mass is 480 g/mol. The molecule has 1 aromatic heterocycles. The van der Waals surface area contributed by atoms with Crippen molar-refractivity contribution >= 4 is 51.7 Å². The Morgan fingerprint density at radius 1 is 1.26 bits per heavy atom. The Balaban J connectivity index is 1.43. The first kappa shape index (κ1) is 22.7. The summed E-state index contributed by atoms with van der Waals surface area (Å²) in [4.78, 5) is 25.4. The molecular formula is C25H25ClN4O4. The number of fused-ring (bicyclic) bond motifs is 1. The maximum atomic E-state index is 12.2. The first-order valence-corrected chi connectivity index (χ1v) is 11.7. The van der Waals surface area contributed by atoms with Crippen molar-refractivity contribution in [3.63, 3.8) is 0 Å². The molecule has 1 aliphatic carbocycles. The van der Waals surface area contributed by atoms with Crippen LogP contribution in [-0.4, -0.2) is 52.5 Å². The average molecular weight is 481 g/mol. The predicted octanol–water partition coefficient (Wildman–Crippen LogP) is 4.55. The van der Waals surface area contributed by atoms with Crippen LogP contribution < -0.4 is 10.1 Å². The molecule has 0 amide bonds. The van der Waals surface area contributed by atoms with Crippen LogP contribution in [0.3, 0.4) is 0 Å². The largest absolute Gasteiger partial charge is 0.483 e. The number of ether oxygens (including phenoxy) is 2. The third kappa shape index (κ3) is 4.75. The number of anilines is 2. The van der Waals surface area contributed by atoms with Crippen molar-refractivity contribution in [1.82, 2.24) is 9.97 Å². The second-order valence-electron chi connectivity index (χ2n) is 8.69. The number of rotatable bonds is 7. The Kier molecular flexibility index (Phi) is 6.45. The molecule has 5 rings (SSSR count). The molecule has 0 bridgehead atoms. The lowest BCUT2D eigenvalue weighted by molar-refractivity contribution is -0.118. The molecule has 34 heavy (non-hydrogen) atoms. The fourth-order valence-corrected chi connectivity index (χ4v) is 4.26. The van der Waals surface area contributed by atoms with Crippen LogP contribution >= 0.6 is 11.6 Å². The molecule has 1 aliphatic heterocycles. The maximum Gasteiger partial charge on any atom is 0.176 e. The van der Waals surface area contributed by atoms with Gasteiger partial charge in [0.15, 0.2) is 11.9 Å². The zero-order chi connectivity index (χ0) is 23.7. The van der Waals surface area contributed by atoms with Crippen molar-refractivity contribution in [2.75, 3.05) is 18.5 Å². The molecular weight excluding hydrogens is 456 g/mol. The van der Waals surface area contributed by atoms with E-state index in [0.29, 0.717) is 40.1 Å². The van der Waals surface area contributed by atoms with E-state index in [9.17, 15) is 9.90 Å². The lowest BCUT2D eigenvalue weighted by Gasteiger charge is -2.21. The fourth-order valence-electron chi connectivity index (χ4n) is 4.10. The molecule has 2 fully saturated rings. The van der Waals surface area contributed by atoms with Crippen LogP contribution in [0.4, 0.5) is 17.2 Å². The SMILES string of the molecule is Cc1cc(N=CC(=O)C2CCC2)cc2ncnc(Nc3ccc(Cl)cc3OC3COCC3O)c12. The van der Waals surface area contributed by atoms with Crippen LogP contribution in [0.1, 0.15) is 24.8 Å². The smallest absolute Gasteiger partial charge is 0.176 e. The van der Waals surface area contributed by atoms with Gasteiger partial charge in [0.05, 0.1) is 36.3 Å². The number of aliphatic hydroxyl groups excluding tert-OH is 1. The molecule has 0 spiro atoms. The average Bonchev–Trinajstić information content (AvgIpc) is 3.17. The number of ketones is 1. The maximum absolute atomic E-state index is 12.2. The highest BCUT2D eigenvalue weighted by molar-refractivity contribution is 6.31. The molecule has 0 radical (unpaired) electrons. The Bertz CT molecular complexity index is 1260. The van der Waals surface area contributed by atoms with Crippen LogP contribution in [0.15, 0.2) is 41.7 Å². The summed E-state index contributed by atoms with van der Waals surface area (Å²) < 4.78 is 11.3. The Morgan fingerprint density at radius 3 is 2.85 bits per heavy atom. The van der Waals surface area contributed by atoms with Crippen LogP contribution in [-0.2, 0) is 9.53 Å². The van der Waals surface area contributed by atoms with Gasteiger partial charge >= 0.3 is 0 Å². The van der Waals surface area contributed by atoms with E-state index in [0.717, 1.165) is 30.2 Å². The van der Waals surface area contributed by atoms with Gasteiger partial charge in [0.1, 0.15) is 24.0 Å². The molecule has 2 aliphatic rings. The molecule has 2 heterocycles. The number of nitrogens with one attached hydrogen (secondary N) is 1. The van der Waals surface area contributed by atoms with Gasteiger partial charge < -0.3 is 19.9 Å². The summed E-state index contributed by atoms with van der Waals surface area (Å²) in [7, 11) is 0. The zero-order valence-electron chi connectivity index (χ0n) is 18.7. The van der Waals surface area contributed by atoms with Gasteiger partial charge in [-0.2, -0.15) is 0 Å². The van der Waals surface area contributed by atoms with E-state index in [1.807, 2.05) is 19.1 Å². The first-order chi connectivity index (χ1) is 16.5. The minimum atomic E-state index is -0.705. The van der Waals surface area contributed by atoms with Crippen molar-refractivity contribution in [2.45, 2.75) is 38.4 Å². The number of carbonyl (C=O) groups excluding carboxylic acids is 1. The third-order valence-electron chi connectivity index (χ3n) is 6.24. The van der Waals surface area contributed by atoms with Crippen molar-refractivity contribution < 1.29 is 19.4 Å². The van der Waals surface area contributed by atoms with Gasteiger partial charge in [0.2, 0.25) is 0 Å². The standard InChI is InChI=1S/C25H25ClN4O4/c1-14-7-17(27-10-20(31)15-3-2-4-15)9-19-24(14)25(29-13-28-19)30-18-6-5-16(26)8-22(18)34-23-12-33-11-21(23)32/h5-10,13,15,21,23,32H,2-4,11-12H2,1H3,(H,28,29,30). The van der Waals surface area contributed by atoms with Crippen LogP contribution in [0, 0.1) is 12.8 Å². The van der Waals surface area contributed by atoms with Crippen molar-refractivity contribution in [3.05, 3.63) is 47.2 Å². The summed E-state index contributed by atoms with van der Waals surface area (Å²) in [6, 6.07) is 8.99. The Morgan fingerprint density at radius 2 is 2.12 bits per heavy atom. The molecule has 2 unspecified atom stereocenters. The Labute approximate surface area is 202 Å². The molecule has 2 aromatic carbocycles. The van der Waals surface area contributed by atoms with Crippen LogP contribution in [0.25, 0.3) is 10.9 Å². The van der Waals surface area contributed by atoms with E-state index < -0.39 is 12.2 Å². The highest BCUT2D eigenvalue weighted by atomic mass is 35.5. The number of carbonyl (C=O) groups is 1. The summed E-state index contributed by atoms with van der Waals surface area (Å²) in [5, 5.41) is 14.7. The lowest BCUT2D eigenvalue weighted by Crippen LogP contribution is -2.29. The molecule has 3 aromatic rings. The molecule has 2 atom stereocenters. The first-order valence-electron chi connectivity index (χ1n) is 11.3. The van der Waals surface area contributed by atoms with E-state index in [1.54, 1.807) is 18.2 Å². The van der Waals surface area contributed by atoms with Crippen LogP contribution in [0.2, 0.25) is 5.02 Å². The number of Topliss-reactive ketones (excluding diaryl/α,β-unsaturated/α-hetero) is 1. The number of hydrogen-bond donors (Lipinski definition) is 2. The Hall–Kier alpha value is -3.07. The number of aromatic nitrogens is 2. The van der Waals surface area contributed by atoms with Gasteiger partial charge in [-0.25, -0.2) is 9.97 Å². The van der Waals surface area contributed by atoms with Crippen molar-refractivity contribution in [3.8, 4) is 5.75 Å². The number of halogens is 1. The number of aliphatic hydroxyl groups is 1. The second-order valence-corrected chi connectivity index (χ2v) is 9.13. The minimum Gasteiger partial charge on any atom is -0.483 e. The summed E-state index contributed by atoms with van der Waals surface area (Å²) in [5.41, 5.74) is 2.95. The van der Waals surface area contributed by atoms with Gasteiger partial charge in [0.25, 0.3) is 0 Å². The molecule has 1 saturated carbocycles. The number of hydrogen-bond acceptors (Lipinski definition) is 8. The van der Waals surface area contributed by atoms with E-state index in [-0.39, 0.29) is 18.3 Å². The van der Waals surface area contributed by atoms with Crippen molar-refractivity contribution in [2.24, 2.45) is 10.9 Å². The van der Waals surface area contributed by atoms with Gasteiger partial charge in [-0.1, -0.05) is 18.0 Å². The molecule has 8 nitrogen and oxygen atoms in total. The topological polar surface area (TPSA) is 106 Å². The summed E-state index contributed by atoms with van der Waals surface area (Å²) in [6.45, 7) is 2.49. The number of nitrogens with zero attached hydrogens (tertiary/aromatic N) is 3. The quantitative estimate of drug-likeness (QED) is 0.478. The van der Waals surface area contributed by atoms with E-state index in [2.05, 4.69) is 20.3 Å². The number of aliphatic imine (C=N–C) groups is 1. The van der Waals surface area contributed by atoms with E-state index >= 15 is 0 Å². The van der Waals surface area contributed by atoms with Gasteiger partial charge in [-0.05, 0) is 49.6 Å². The summed E-state index contributed by atoms with van der Waals surface area (Å²) in [6.07, 6.45) is 4.74. The van der Waals surface area contributed by atoms with Gasteiger partial charge in [-0.3, -0.25) is 9.79 Å². The van der Waals surface area contributed by atoms with Gasteiger partial charge in [-0.15, -0.1) is 0 Å². The highest BCUT2D eigenvalue weighted by Gasteiger charge is 2.29. The molecule has 1 saturated heterocycles. The summed E-state index contributed by atoms with van der Waals surface area (Å²) in [5.74, 6) is 1.29. The third-order valence-corrected chi connectivity index (χ3v) is 6.48. The van der Waals surface area contributed by atoms with E-state index in [1.165, 1.54) is 12.5 Å². The van der Waals surface area contributed by atoms with E-state index in [4.69, 9.17) is 21.1 Å². The number of aryl methyl sites for hydroxylation is 1. The second kappa shape index (κ2) is 9.66. The van der Waals surface area contributed by atoms with Gasteiger partial charge in [0, 0.05) is 22.4 Å². The normalized spacial score (nSPS) is 20.6. The molecule has 2 N–H and O–H groups in total. The lowest BCUT2D eigenvalue weighted by atomic mass is 9.82. The molecule has 176 valence electrons. The molecule has 9 heteroatoms. The fraction of sp³-hybridized carbons (Fsp3) is 0.360. The van der Waals surface area contributed by atoms with Crippen molar-refractivity contribution in [1.29, 1.82) is 0 Å². The summed E-state index contributed by atoms with van der Waals surface area (Å²) >= 11 is 6.20. The minimum absolute atomic E-state index is 0.0853. The highest BCUT2D eigenvalue weighted by Crippen LogP contribution is 2.35.